The molecular weight excluding hydrogens is 312 g/mol. The van der Waals surface area contributed by atoms with E-state index in [0.717, 1.165) is 24.8 Å². The summed E-state index contributed by atoms with van der Waals surface area (Å²) in [5.41, 5.74) is 1.55. The molecule has 2 rings (SSSR count). The van der Waals surface area contributed by atoms with Crippen LogP contribution in [0.4, 0.5) is 5.95 Å². The third kappa shape index (κ3) is 5.87. The molecule has 0 saturated heterocycles. The Bertz CT molecular complexity index is 613. The van der Waals surface area contributed by atoms with Crippen molar-refractivity contribution in [2.75, 3.05) is 11.9 Å². The summed E-state index contributed by atoms with van der Waals surface area (Å²) in [6, 6.07) is 7.55. The van der Waals surface area contributed by atoms with E-state index < -0.39 is 0 Å². The molecule has 122 valence electrons. The first-order valence-corrected chi connectivity index (χ1v) is 8.15. The monoisotopic (exact) mass is 332 g/mol. The predicted molar refractivity (Wildman–Crippen MR) is 92.7 cm³/mol. The Labute approximate surface area is 141 Å². The highest BCUT2D eigenvalue weighted by molar-refractivity contribution is 6.30. The minimum atomic E-state index is -0.134. The van der Waals surface area contributed by atoms with E-state index in [9.17, 15) is 4.79 Å². The van der Waals surface area contributed by atoms with Gasteiger partial charge in [-0.05, 0) is 24.1 Å². The van der Waals surface area contributed by atoms with Crippen LogP contribution in [0.1, 0.15) is 42.1 Å². The van der Waals surface area contributed by atoms with Crippen LogP contribution in [0.3, 0.4) is 0 Å². The Morgan fingerprint density at radius 3 is 2.48 bits per heavy atom. The molecule has 2 N–H and O–H groups in total. The predicted octanol–water partition coefficient (Wildman–Crippen LogP) is 3.66. The minimum Gasteiger partial charge on any atom is -0.352 e. The van der Waals surface area contributed by atoms with E-state index in [4.69, 9.17) is 11.6 Å². The Balaban J connectivity index is 1.81. The van der Waals surface area contributed by atoms with Crippen molar-refractivity contribution in [3.8, 4) is 0 Å². The molecule has 0 fully saturated rings. The second kappa shape index (κ2) is 9.10. The van der Waals surface area contributed by atoms with Crippen molar-refractivity contribution in [3.63, 3.8) is 0 Å². The Morgan fingerprint density at radius 2 is 1.83 bits per heavy atom. The van der Waals surface area contributed by atoms with E-state index in [2.05, 4.69) is 27.5 Å². The van der Waals surface area contributed by atoms with Gasteiger partial charge in [-0.15, -0.1) is 0 Å². The fraction of sp³-hybridized carbons (Fsp3) is 0.353. The third-order valence-corrected chi connectivity index (χ3v) is 3.60. The van der Waals surface area contributed by atoms with E-state index in [1.807, 2.05) is 24.3 Å². The first-order chi connectivity index (χ1) is 11.2. The second-order valence-corrected chi connectivity index (χ2v) is 5.67. The van der Waals surface area contributed by atoms with E-state index in [-0.39, 0.29) is 5.91 Å². The number of halogens is 1. The summed E-state index contributed by atoms with van der Waals surface area (Å²) < 4.78 is 0. The zero-order chi connectivity index (χ0) is 16.5. The van der Waals surface area contributed by atoms with Crippen LogP contribution in [0.15, 0.2) is 36.7 Å². The van der Waals surface area contributed by atoms with Gasteiger partial charge >= 0.3 is 0 Å². The van der Waals surface area contributed by atoms with E-state index >= 15 is 0 Å². The van der Waals surface area contributed by atoms with Crippen molar-refractivity contribution < 1.29 is 4.79 Å². The molecule has 6 heteroatoms. The summed E-state index contributed by atoms with van der Waals surface area (Å²) in [5.74, 6) is 0.354. The molecule has 0 aliphatic rings. The molecule has 1 aromatic heterocycles. The lowest BCUT2D eigenvalue weighted by Crippen LogP contribution is -2.24. The van der Waals surface area contributed by atoms with Crippen molar-refractivity contribution in [3.05, 3.63) is 52.8 Å². The van der Waals surface area contributed by atoms with Gasteiger partial charge in [0.05, 0.1) is 5.56 Å². The van der Waals surface area contributed by atoms with E-state index in [0.29, 0.717) is 29.6 Å². The highest BCUT2D eigenvalue weighted by atomic mass is 35.5. The molecule has 2 aromatic rings. The quantitative estimate of drug-likeness (QED) is 0.724. The van der Waals surface area contributed by atoms with Crippen molar-refractivity contribution in [2.24, 2.45) is 0 Å². The van der Waals surface area contributed by atoms with Gasteiger partial charge in [0.25, 0.3) is 5.91 Å². The zero-order valence-electron chi connectivity index (χ0n) is 13.2. The van der Waals surface area contributed by atoms with Crippen LogP contribution >= 0.6 is 11.6 Å². The maximum absolute atomic E-state index is 11.9. The summed E-state index contributed by atoms with van der Waals surface area (Å²) in [4.78, 5) is 20.2. The van der Waals surface area contributed by atoms with Crippen molar-refractivity contribution in [1.82, 2.24) is 15.3 Å². The number of unbranched alkanes of at least 4 members (excludes halogenated alkanes) is 2. The van der Waals surface area contributed by atoms with Gasteiger partial charge in [0.15, 0.2) is 0 Å². The number of nitrogens with one attached hydrogen (secondary N) is 2. The first kappa shape index (κ1) is 17.2. The molecule has 0 aliphatic heterocycles. The first-order valence-electron chi connectivity index (χ1n) is 7.77. The Hall–Kier alpha value is -2.14. The minimum absolute atomic E-state index is 0.134. The highest BCUT2D eigenvalue weighted by Gasteiger charge is 2.06. The van der Waals surface area contributed by atoms with E-state index in [1.165, 1.54) is 12.4 Å². The fourth-order valence-electron chi connectivity index (χ4n) is 2.00. The SMILES string of the molecule is CCCCCNC(=O)c1cnc(NCc2ccc(Cl)cc2)nc1. The molecule has 0 unspecified atom stereocenters. The lowest BCUT2D eigenvalue weighted by molar-refractivity contribution is 0.0952. The van der Waals surface area contributed by atoms with Crippen LogP contribution in [-0.4, -0.2) is 22.4 Å². The summed E-state index contributed by atoms with van der Waals surface area (Å²) >= 11 is 5.85. The number of carbonyl (C=O) groups excluding carboxylic acids is 1. The van der Waals surface area contributed by atoms with Gasteiger partial charge in [-0.2, -0.15) is 0 Å². The highest BCUT2D eigenvalue weighted by Crippen LogP contribution is 2.10. The normalized spacial score (nSPS) is 10.3. The molecule has 0 aliphatic carbocycles. The van der Waals surface area contributed by atoms with Gasteiger partial charge in [0.2, 0.25) is 5.95 Å². The molecule has 1 aromatic carbocycles. The molecule has 1 heterocycles. The number of rotatable bonds is 8. The van der Waals surface area contributed by atoms with Crippen LogP contribution in [0, 0.1) is 0 Å². The van der Waals surface area contributed by atoms with Gasteiger partial charge in [0.1, 0.15) is 0 Å². The topological polar surface area (TPSA) is 66.9 Å². The summed E-state index contributed by atoms with van der Waals surface area (Å²) in [7, 11) is 0. The number of hydrogen-bond donors (Lipinski definition) is 2. The van der Waals surface area contributed by atoms with Crippen molar-refractivity contribution in [1.29, 1.82) is 0 Å². The largest absolute Gasteiger partial charge is 0.352 e. The Morgan fingerprint density at radius 1 is 1.13 bits per heavy atom. The maximum Gasteiger partial charge on any atom is 0.254 e. The number of amides is 1. The van der Waals surface area contributed by atoms with Crippen LogP contribution < -0.4 is 10.6 Å². The summed E-state index contributed by atoms with van der Waals surface area (Å²) in [6.45, 7) is 3.41. The molecule has 0 bridgehead atoms. The number of nitrogens with zero attached hydrogens (tertiary/aromatic N) is 2. The molecule has 23 heavy (non-hydrogen) atoms. The number of hydrogen-bond acceptors (Lipinski definition) is 4. The molecule has 0 atom stereocenters. The molecule has 0 radical (unpaired) electrons. The molecule has 0 spiro atoms. The van der Waals surface area contributed by atoms with Crippen LogP contribution in [0.25, 0.3) is 0 Å². The van der Waals surface area contributed by atoms with Crippen molar-refractivity contribution >= 4 is 23.5 Å². The third-order valence-electron chi connectivity index (χ3n) is 3.34. The molecule has 5 nitrogen and oxygen atoms in total. The standard InChI is InChI=1S/C17H21ClN4O/c1-2-3-4-9-19-16(23)14-11-21-17(22-12-14)20-10-13-5-7-15(18)8-6-13/h5-8,11-12H,2-4,9-10H2,1H3,(H,19,23)(H,20,21,22). The zero-order valence-corrected chi connectivity index (χ0v) is 13.9. The van der Waals surface area contributed by atoms with Crippen LogP contribution in [0.5, 0.6) is 0 Å². The lowest BCUT2D eigenvalue weighted by atomic mass is 10.2. The van der Waals surface area contributed by atoms with Gasteiger partial charge in [-0.1, -0.05) is 43.5 Å². The van der Waals surface area contributed by atoms with Crippen LogP contribution in [-0.2, 0) is 6.54 Å². The Kier molecular flexibility index (Phi) is 6.81. The molecule has 1 amide bonds. The van der Waals surface area contributed by atoms with Crippen LogP contribution in [0.2, 0.25) is 5.02 Å². The number of aromatic nitrogens is 2. The summed E-state index contributed by atoms with van der Waals surface area (Å²) in [5, 5.41) is 6.68. The van der Waals surface area contributed by atoms with Gasteiger partial charge in [-0.3, -0.25) is 4.79 Å². The van der Waals surface area contributed by atoms with Crippen molar-refractivity contribution in [2.45, 2.75) is 32.7 Å². The fourth-order valence-corrected chi connectivity index (χ4v) is 2.12. The van der Waals surface area contributed by atoms with Gasteiger partial charge < -0.3 is 10.6 Å². The average Bonchev–Trinajstić information content (AvgIpc) is 2.58. The van der Waals surface area contributed by atoms with E-state index in [1.54, 1.807) is 0 Å². The number of carbonyl (C=O) groups is 1. The van der Waals surface area contributed by atoms with Gasteiger partial charge in [-0.25, -0.2) is 9.97 Å². The van der Waals surface area contributed by atoms with Gasteiger partial charge in [0, 0.05) is 30.5 Å². The second-order valence-electron chi connectivity index (χ2n) is 5.24. The maximum atomic E-state index is 11.9. The summed E-state index contributed by atoms with van der Waals surface area (Å²) in [6.07, 6.45) is 6.31. The molecular formula is C17H21ClN4O. The number of anilines is 1. The average molecular weight is 333 g/mol. The number of benzene rings is 1. The molecule has 0 saturated carbocycles. The lowest BCUT2D eigenvalue weighted by Gasteiger charge is -2.07. The smallest absolute Gasteiger partial charge is 0.254 e.